The van der Waals surface area contributed by atoms with Crippen LogP contribution in [0, 0.1) is 0 Å². The summed E-state index contributed by atoms with van der Waals surface area (Å²) in [5.74, 6) is 1.28. The van der Waals surface area contributed by atoms with Gasteiger partial charge in [-0.3, -0.25) is 0 Å². The van der Waals surface area contributed by atoms with E-state index in [-0.39, 0.29) is 5.60 Å². The number of aromatic nitrogens is 3. The number of fused-ring (bicyclic) bond motifs is 1. The largest absolute Gasteiger partial charge is 0.375 e. The quantitative estimate of drug-likeness (QED) is 0.760. The number of imidazole rings is 1. The first-order chi connectivity index (χ1) is 9.50. The van der Waals surface area contributed by atoms with Crippen molar-refractivity contribution in [3.63, 3.8) is 0 Å². The Morgan fingerprint density at radius 1 is 1.55 bits per heavy atom. The first-order valence-corrected chi connectivity index (χ1v) is 8.05. The van der Waals surface area contributed by atoms with Gasteiger partial charge in [0.1, 0.15) is 11.3 Å². The summed E-state index contributed by atoms with van der Waals surface area (Å²) >= 11 is 9.52. The third-order valence-electron chi connectivity index (χ3n) is 3.73. The van der Waals surface area contributed by atoms with E-state index in [9.17, 15) is 0 Å². The number of alkyl halides is 1. The van der Waals surface area contributed by atoms with Gasteiger partial charge >= 0.3 is 0 Å². The number of hydrogen-bond acceptors (Lipinski definition) is 3. The van der Waals surface area contributed by atoms with Crippen LogP contribution in [0.4, 0.5) is 0 Å². The Bertz CT molecular complexity index is 641. The van der Waals surface area contributed by atoms with Gasteiger partial charge in [-0.25, -0.2) is 9.97 Å². The Labute approximate surface area is 131 Å². The highest BCUT2D eigenvalue weighted by Crippen LogP contribution is 2.35. The molecular weight excluding hydrogens is 342 g/mol. The van der Waals surface area contributed by atoms with Crippen molar-refractivity contribution in [1.29, 1.82) is 0 Å². The monoisotopic (exact) mass is 357 g/mol. The van der Waals surface area contributed by atoms with Crippen molar-refractivity contribution in [2.75, 3.05) is 6.61 Å². The van der Waals surface area contributed by atoms with Gasteiger partial charge in [0.2, 0.25) is 0 Å². The zero-order valence-corrected chi connectivity index (χ0v) is 13.9. The van der Waals surface area contributed by atoms with Gasteiger partial charge in [-0.05, 0) is 48.7 Å². The van der Waals surface area contributed by atoms with Crippen LogP contribution in [-0.4, -0.2) is 26.7 Å². The molecule has 0 bridgehead atoms. The van der Waals surface area contributed by atoms with E-state index in [1.54, 1.807) is 0 Å². The Hall–Kier alpha value is -0.650. The lowest BCUT2D eigenvalue weighted by Gasteiger charge is -2.36. The fraction of sp³-hybridized carbons (Fsp3) is 0.571. The van der Waals surface area contributed by atoms with Gasteiger partial charge in [-0.15, -0.1) is 11.6 Å². The SMILES string of the molecule is CC1(C)CC(n2c(CCl)nc3cc(Br)cnc32)CCO1. The number of ether oxygens (including phenoxy) is 1. The highest BCUT2D eigenvalue weighted by Gasteiger charge is 2.32. The van der Waals surface area contributed by atoms with Crippen molar-refractivity contribution in [1.82, 2.24) is 14.5 Å². The van der Waals surface area contributed by atoms with Crippen LogP contribution in [0.15, 0.2) is 16.7 Å². The molecule has 0 aromatic carbocycles. The Morgan fingerprint density at radius 2 is 2.35 bits per heavy atom. The van der Waals surface area contributed by atoms with E-state index in [0.717, 1.165) is 40.9 Å². The molecule has 0 aliphatic carbocycles. The molecule has 4 nitrogen and oxygen atoms in total. The lowest BCUT2D eigenvalue weighted by Crippen LogP contribution is -2.35. The highest BCUT2D eigenvalue weighted by atomic mass is 79.9. The lowest BCUT2D eigenvalue weighted by atomic mass is 9.93. The van der Waals surface area contributed by atoms with Crippen molar-refractivity contribution in [2.45, 2.75) is 44.2 Å². The standard InChI is InChI=1S/C14H17BrClN3O/c1-14(2)6-10(3-4-20-14)19-12(7-16)18-11-5-9(15)8-17-13(11)19/h5,8,10H,3-4,6-7H2,1-2H3. The van der Waals surface area contributed by atoms with Crippen LogP contribution in [0.3, 0.4) is 0 Å². The van der Waals surface area contributed by atoms with E-state index >= 15 is 0 Å². The molecule has 20 heavy (non-hydrogen) atoms. The fourth-order valence-corrected chi connectivity index (χ4v) is 3.41. The molecule has 3 heterocycles. The normalized spacial score (nSPS) is 22.3. The first-order valence-electron chi connectivity index (χ1n) is 6.72. The average Bonchev–Trinajstić information content (AvgIpc) is 2.74. The molecule has 108 valence electrons. The van der Waals surface area contributed by atoms with Crippen LogP contribution in [0.1, 0.15) is 38.6 Å². The predicted octanol–water partition coefficient (Wildman–Crippen LogP) is 4.06. The molecule has 0 amide bonds. The van der Waals surface area contributed by atoms with Crippen molar-refractivity contribution in [3.05, 3.63) is 22.6 Å². The molecule has 0 spiro atoms. The molecule has 0 radical (unpaired) electrons. The second-order valence-corrected chi connectivity index (χ2v) is 6.97. The number of rotatable bonds is 2. The number of nitrogens with zero attached hydrogens (tertiary/aromatic N) is 3. The number of pyridine rings is 1. The maximum Gasteiger partial charge on any atom is 0.160 e. The maximum absolute atomic E-state index is 6.08. The molecule has 0 N–H and O–H groups in total. The van der Waals surface area contributed by atoms with Crippen LogP contribution in [-0.2, 0) is 10.6 Å². The molecule has 1 fully saturated rings. The smallest absolute Gasteiger partial charge is 0.160 e. The maximum atomic E-state index is 6.08. The van der Waals surface area contributed by atoms with Gasteiger partial charge in [0.25, 0.3) is 0 Å². The minimum absolute atomic E-state index is 0.113. The number of hydrogen-bond donors (Lipinski definition) is 0. The van der Waals surface area contributed by atoms with E-state index in [1.807, 2.05) is 12.3 Å². The molecule has 1 unspecified atom stereocenters. The Balaban J connectivity index is 2.09. The van der Waals surface area contributed by atoms with E-state index in [2.05, 4.69) is 44.3 Å². The Morgan fingerprint density at radius 3 is 3.05 bits per heavy atom. The summed E-state index contributed by atoms with van der Waals surface area (Å²) in [6.07, 6.45) is 3.72. The van der Waals surface area contributed by atoms with E-state index in [4.69, 9.17) is 16.3 Å². The lowest BCUT2D eigenvalue weighted by molar-refractivity contribution is -0.0688. The van der Waals surface area contributed by atoms with Crippen LogP contribution in [0.5, 0.6) is 0 Å². The van der Waals surface area contributed by atoms with Gasteiger partial charge in [-0.1, -0.05) is 0 Å². The summed E-state index contributed by atoms with van der Waals surface area (Å²) in [5, 5.41) is 0. The summed E-state index contributed by atoms with van der Waals surface area (Å²) in [4.78, 5) is 9.14. The molecule has 1 aliphatic heterocycles. The third-order valence-corrected chi connectivity index (χ3v) is 4.40. The van der Waals surface area contributed by atoms with Crippen LogP contribution in [0.25, 0.3) is 11.2 Å². The predicted molar refractivity (Wildman–Crippen MR) is 83.1 cm³/mol. The topological polar surface area (TPSA) is 39.9 Å². The zero-order valence-electron chi connectivity index (χ0n) is 11.6. The molecular formula is C14H17BrClN3O. The summed E-state index contributed by atoms with van der Waals surface area (Å²) in [6.45, 7) is 5.01. The second kappa shape index (κ2) is 5.28. The molecule has 2 aromatic rings. The molecule has 1 saturated heterocycles. The molecule has 2 aromatic heterocycles. The first kappa shape index (κ1) is 14.3. The minimum atomic E-state index is -0.113. The van der Waals surface area contributed by atoms with Gasteiger partial charge in [0, 0.05) is 23.3 Å². The third kappa shape index (κ3) is 2.59. The van der Waals surface area contributed by atoms with Crippen molar-refractivity contribution in [2.24, 2.45) is 0 Å². The van der Waals surface area contributed by atoms with Gasteiger partial charge in [-0.2, -0.15) is 0 Å². The zero-order chi connectivity index (χ0) is 14.3. The van der Waals surface area contributed by atoms with Crippen LogP contribution < -0.4 is 0 Å². The number of halogens is 2. The molecule has 6 heteroatoms. The minimum Gasteiger partial charge on any atom is -0.375 e. The van der Waals surface area contributed by atoms with Gasteiger partial charge in [0.05, 0.1) is 11.5 Å². The van der Waals surface area contributed by atoms with Crippen LogP contribution >= 0.6 is 27.5 Å². The summed E-state index contributed by atoms with van der Waals surface area (Å²) in [7, 11) is 0. The van der Waals surface area contributed by atoms with Crippen molar-refractivity contribution < 1.29 is 4.74 Å². The van der Waals surface area contributed by atoms with Crippen LogP contribution in [0.2, 0.25) is 0 Å². The van der Waals surface area contributed by atoms with Crippen molar-refractivity contribution >= 4 is 38.7 Å². The molecule has 1 aliphatic rings. The van der Waals surface area contributed by atoms with Gasteiger partial charge < -0.3 is 9.30 Å². The molecule has 1 atom stereocenters. The van der Waals surface area contributed by atoms with E-state index < -0.39 is 0 Å². The molecule has 0 saturated carbocycles. The average molecular weight is 359 g/mol. The highest BCUT2D eigenvalue weighted by molar-refractivity contribution is 9.10. The van der Waals surface area contributed by atoms with Crippen molar-refractivity contribution in [3.8, 4) is 0 Å². The Kier molecular flexibility index (Phi) is 3.77. The summed E-state index contributed by atoms with van der Waals surface area (Å²) < 4.78 is 8.93. The summed E-state index contributed by atoms with van der Waals surface area (Å²) in [5.41, 5.74) is 1.68. The second-order valence-electron chi connectivity index (χ2n) is 5.78. The molecule has 3 rings (SSSR count). The van der Waals surface area contributed by atoms with E-state index in [1.165, 1.54) is 0 Å². The van der Waals surface area contributed by atoms with E-state index in [0.29, 0.717) is 11.9 Å². The summed E-state index contributed by atoms with van der Waals surface area (Å²) in [6, 6.07) is 2.32. The van der Waals surface area contributed by atoms with Gasteiger partial charge in [0.15, 0.2) is 5.65 Å². The fourth-order valence-electron chi connectivity index (χ4n) is 2.90.